The number of hydrogen-bond acceptors (Lipinski definition) is 0. The van der Waals surface area contributed by atoms with E-state index in [0.29, 0.717) is 0 Å². The van der Waals surface area contributed by atoms with Crippen LogP contribution in [0.2, 0.25) is 6.04 Å². The average molecular weight is 288 g/mol. The summed E-state index contributed by atoms with van der Waals surface area (Å²) in [6, 6.07) is -1.52. The van der Waals surface area contributed by atoms with Crippen LogP contribution in [0.4, 0.5) is 0 Å². The van der Waals surface area contributed by atoms with E-state index in [0.717, 1.165) is 12.5 Å². The summed E-state index contributed by atoms with van der Waals surface area (Å²) in [5.41, 5.74) is 0. The molecule has 0 bridgehead atoms. The molecule has 0 amide bonds. The van der Waals surface area contributed by atoms with Crippen molar-refractivity contribution in [3.63, 3.8) is 0 Å². The summed E-state index contributed by atoms with van der Waals surface area (Å²) >= 11 is 17.4. The Morgan fingerprint density at radius 2 is 1.40 bits per heavy atom. The van der Waals surface area contributed by atoms with Crippen molar-refractivity contribution in [2.45, 2.75) is 57.9 Å². The quantitative estimate of drug-likeness (QED) is 0.213. The van der Waals surface area contributed by atoms with Crippen LogP contribution in [0, 0.1) is 0 Å². The number of rotatable bonds is 9. The summed E-state index contributed by atoms with van der Waals surface area (Å²) in [7, 11) is 0. The number of hydrogen-bond donors (Lipinski definition) is 0. The topological polar surface area (TPSA) is 0 Å². The second kappa shape index (κ2) is 10.0. The van der Waals surface area contributed by atoms with Crippen LogP contribution in [-0.2, 0) is 0 Å². The lowest BCUT2D eigenvalue weighted by Crippen LogP contribution is -2.07. The third kappa shape index (κ3) is 14.8. The van der Waals surface area contributed by atoms with Gasteiger partial charge in [0.15, 0.2) is 0 Å². The fourth-order valence-corrected chi connectivity index (χ4v) is 3.31. The summed E-state index contributed by atoms with van der Waals surface area (Å²) in [5, 5.41) is 0. The Hall–Kier alpha value is 0.827. The molecule has 0 aromatic heterocycles. The minimum absolute atomic E-state index is 0.816. The summed E-state index contributed by atoms with van der Waals surface area (Å²) in [5.74, 6) is 0. The van der Waals surface area contributed by atoms with E-state index in [-0.39, 0.29) is 0 Å². The molecule has 0 aliphatic heterocycles. The highest BCUT2D eigenvalue weighted by atomic mass is 35.8. The SMILES string of the molecule is CC=CCCCCCCCC[Si](Cl)(Cl)Cl. The summed E-state index contributed by atoms with van der Waals surface area (Å²) in [4.78, 5) is 0. The van der Waals surface area contributed by atoms with Gasteiger partial charge in [-0.2, -0.15) is 0 Å². The Bertz CT molecular complexity index is 164. The minimum atomic E-state index is -2.34. The second-order valence-corrected chi connectivity index (χ2v) is 13.1. The molecule has 0 spiro atoms. The molecular weight excluding hydrogens is 267 g/mol. The van der Waals surface area contributed by atoms with Crippen molar-refractivity contribution in [3.8, 4) is 0 Å². The average Bonchev–Trinajstić information content (AvgIpc) is 2.14. The van der Waals surface area contributed by atoms with E-state index in [4.69, 9.17) is 33.2 Å². The fraction of sp³-hybridized carbons (Fsp3) is 0.818. The number of allylic oxidation sites excluding steroid dienone is 2. The van der Waals surface area contributed by atoms with Gasteiger partial charge in [0, 0.05) is 0 Å². The minimum Gasteiger partial charge on any atom is -0.126 e. The van der Waals surface area contributed by atoms with E-state index >= 15 is 0 Å². The maximum absolute atomic E-state index is 5.79. The van der Waals surface area contributed by atoms with Crippen LogP contribution in [0.5, 0.6) is 0 Å². The van der Waals surface area contributed by atoms with Crippen molar-refractivity contribution in [1.82, 2.24) is 0 Å². The third-order valence-corrected chi connectivity index (χ3v) is 4.94. The lowest BCUT2D eigenvalue weighted by molar-refractivity contribution is 0.610. The Balaban J connectivity index is 3.05. The second-order valence-electron chi connectivity index (χ2n) is 3.84. The monoisotopic (exact) mass is 286 g/mol. The molecule has 0 radical (unpaired) electrons. The van der Waals surface area contributed by atoms with Gasteiger partial charge in [-0.05, 0) is 25.8 Å². The zero-order chi connectivity index (χ0) is 11.6. The van der Waals surface area contributed by atoms with Crippen LogP contribution in [0.15, 0.2) is 12.2 Å². The normalized spacial score (nSPS) is 12.5. The van der Waals surface area contributed by atoms with Gasteiger partial charge in [-0.25, -0.2) is 0 Å². The van der Waals surface area contributed by atoms with Crippen molar-refractivity contribution in [2.24, 2.45) is 0 Å². The van der Waals surface area contributed by atoms with E-state index in [1.807, 2.05) is 0 Å². The Kier molecular flexibility index (Phi) is 10.6. The molecule has 0 saturated heterocycles. The Labute approximate surface area is 109 Å². The van der Waals surface area contributed by atoms with E-state index in [1.54, 1.807) is 0 Å². The number of unbranched alkanes of at least 4 members (excludes halogenated alkanes) is 6. The van der Waals surface area contributed by atoms with Gasteiger partial charge in [0.05, 0.1) is 0 Å². The highest BCUT2D eigenvalue weighted by molar-refractivity contribution is 7.64. The smallest absolute Gasteiger partial charge is 0.126 e. The third-order valence-electron chi connectivity index (χ3n) is 2.32. The van der Waals surface area contributed by atoms with E-state index in [1.165, 1.54) is 38.5 Å². The van der Waals surface area contributed by atoms with Crippen LogP contribution in [0.3, 0.4) is 0 Å². The van der Waals surface area contributed by atoms with Gasteiger partial charge in [0.2, 0.25) is 0 Å². The molecule has 0 fully saturated rings. The Morgan fingerprint density at radius 3 is 1.93 bits per heavy atom. The van der Waals surface area contributed by atoms with E-state index in [2.05, 4.69) is 19.1 Å². The molecule has 0 saturated carbocycles. The first kappa shape index (κ1) is 15.8. The molecule has 15 heavy (non-hydrogen) atoms. The molecule has 0 aliphatic rings. The first-order chi connectivity index (χ1) is 7.06. The standard InChI is InChI=1S/C11H21Cl3Si/c1-2-3-4-5-6-7-8-9-10-11-15(12,13)14/h2-3H,4-11H2,1H3. The van der Waals surface area contributed by atoms with Crippen molar-refractivity contribution in [2.75, 3.05) is 0 Å². The van der Waals surface area contributed by atoms with Gasteiger partial charge in [-0.15, -0.1) is 33.2 Å². The molecule has 0 aromatic carbocycles. The predicted molar refractivity (Wildman–Crippen MR) is 75.3 cm³/mol. The van der Waals surface area contributed by atoms with Crippen molar-refractivity contribution in [3.05, 3.63) is 12.2 Å². The maximum Gasteiger partial charge on any atom is 0.341 e. The molecule has 90 valence electrons. The van der Waals surface area contributed by atoms with Gasteiger partial charge in [0.25, 0.3) is 0 Å². The van der Waals surface area contributed by atoms with Gasteiger partial charge in [-0.3, -0.25) is 0 Å². The molecular formula is C11H21Cl3Si. The highest BCUT2D eigenvalue weighted by Crippen LogP contribution is 2.27. The largest absolute Gasteiger partial charge is 0.341 e. The van der Waals surface area contributed by atoms with Gasteiger partial charge in [-0.1, -0.05) is 44.3 Å². The summed E-state index contributed by atoms with van der Waals surface area (Å²) in [6.45, 7) is 2.07. The zero-order valence-corrected chi connectivity index (χ0v) is 12.7. The van der Waals surface area contributed by atoms with Crippen molar-refractivity contribution >= 4 is 39.2 Å². The predicted octanol–water partition coefficient (Wildman–Crippen LogP) is 5.95. The van der Waals surface area contributed by atoms with Crippen molar-refractivity contribution in [1.29, 1.82) is 0 Å². The van der Waals surface area contributed by atoms with Gasteiger partial charge >= 0.3 is 6.00 Å². The molecule has 0 N–H and O–H groups in total. The molecule has 0 aliphatic carbocycles. The molecule has 0 rings (SSSR count). The first-order valence-electron chi connectivity index (χ1n) is 5.74. The zero-order valence-electron chi connectivity index (χ0n) is 9.45. The molecule has 0 unspecified atom stereocenters. The van der Waals surface area contributed by atoms with E-state index < -0.39 is 6.00 Å². The maximum atomic E-state index is 5.79. The first-order valence-corrected chi connectivity index (χ1v) is 11.0. The lowest BCUT2D eigenvalue weighted by Gasteiger charge is -2.06. The van der Waals surface area contributed by atoms with Gasteiger partial charge in [0.1, 0.15) is 0 Å². The van der Waals surface area contributed by atoms with Crippen LogP contribution in [0.25, 0.3) is 0 Å². The van der Waals surface area contributed by atoms with Crippen molar-refractivity contribution < 1.29 is 0 Å². The molecule has 4 heteroatoms. The Morgan fingerprint density at radius 1 is 0.867 bits per heavy atom. The van der Waals surface area contributed by atoms with E-state index in [9.17, 15) is 0 Å². The summed E-state index contributed by atoms with van der Waals surface area (Å²) < 4.78 is 0. The van der Waals surface area contributed by atoms with Gasteiger partial charge < -0.3 is 0 Å². The van der Waals surface area contributed by atoms with Crippen LogP contribution >= 0.6 is 33.2 Å². The van der Waals surface area contributed by atoms with Crippen LogP contribution in [0.1, 0.15) is 51.9 Å². The fourth-order valence-electron chi connectivity index (χ4n) is 1.46. The van der Waals surface area contributed by atoms with Crippen LogP contribution in [-0.4, -0.2) is 6.00 Å². The summed E-state index contributed by atoms with van der Waals surface area (Å²) in [6.07, 6.45) is 13.1. The molecule has 0 aromatic rings. The van der Waals surface area contributed by atoms with Crippen LogP contribution < -0.4 is 0 Å². The highest BCUT2D eigenvalue weighted by Gasteiger charge is 2.23. The molecule has 0 nitrogen and oxygen atoms in total. The molecule has 0 heterocycles. The lowest BCUT2D eigenvalue weighted by atomic mass is 10.1. The number of halogens is 3. The molecule has 0 atom stereocenters.